The van der Waals surface area contributed by atoms with Crippen LogP contribution in [0.1, 0.15) is 52.5 Å². The summed E-state index contributed by atoms with van der Waals surface area (Å²) in [6.45, 7) is 7.19. The lowest BCUT2D eigenvalue weighted by Gasteiger charge is -2.27. The van der Waals surface area contributed by atoms with Crippen LogP contribution >= 0.6 is 0 Å². The highest BCUT2D eigenvalue weighted by Crippen LogP contribution is 2.31. The summed E-state index contributed by atoms with van der Waals surface area (Å²) >= 11 is 0. The number of methoxy groups -OCH3 is 1. The zero-order valence-electron chi connectivity index (χ0n) is 20.9. The van der Waals surface area contributed by atoms with Gasteiger partial charge in [0.2, 0.25) is 0 Å². The molecule has 2 atom stereocenters. The van der Waals surface area contributed by atoms with Gasteiger partial charge in [-0.15, -0.1) is 0 Å². The van der Waals surface area contributed by atoms with E-state index in [-0.39, 0.29) is 62.5 Å². The largest absolute Gasteiger partial charge is 0.513 e. The molecule has 0 bridgehead atoms. The molecule has 0 aliphatic carbocycles. The first-order valence-electron chi connectivity index (χ1n) is 11.4. The van der Waals surface area contributed by atoms with Gasteiger partial charge < -0.3 is 34.2 Å². The maximum Gasteiger partial charge on any atom is 0.513 e. The molecule has 11 heteroatoms. The van der Waals surface area contributed by atoms with Crippen LogP contribution < -0.4 is 15.2 Å². The Labute approximate surface area is 205 Å². The Hall–Kier alpha value is -3.34. The lowest BCUT2D eigenvalue weighted by atomic mass is 9.88. The van der Waals surface area contributed by atoms with E-state index in [4.69, 9.17) is 34.2 Å². The summed E-state index contributed by atoms with van der Waals surface area (Å²) in [5.41, 5.74) is 5.26. The van der Waals surface area contributed by atoms with Gasteiger partial charge in [-0.1, -0.05) is 26.3 Å². The van der Waals surface area contributed by atoms with E-state index in [2.05, 4.69) is 0 Å². The normalized spacial score (nSPS) is 13.1. The number of benzene rings is 1. The molecule has 196 valence electrons. The van der Waals surface area contributed by atoms with Gasteiger partial charge in [0.15, 0.2) is 11.5 Å². The van der Waals surface area contributed by atoms with E-state index in [1.807, 2.05) is 13.8 Å². The van der Waals surface area contributed by atoms with Crippen molar-refractivity contribution in [3.63, 3.8) is 0 Å². The van der Waals surface area contributed by atoms with Gasteiger partial charge in [0, 0.05) is 19.3 Å². The van der Waals surface area contributed by atoms with Crippen LogP contribution in [0.15, 0.2) is 18.2 Å². The summed E-state index contributed by atoms with van der Waals surface area (Å²) in [4.78, 5) is 48.1. The second-order valence-corrected chi connectivity index (χ2v) is 7.86. The fourth-order valence-corrected chi connectivity index (χ4v) is 2.97. The number of ether oxygens (including phenoxy) is 6. The van der Waals surface area contributed by atoms with Crippen molar-refractivity contribution in [1.82, 2.24) is 0 Å². The molecule has 0 radical (unpaired) electrons. The van der Waals surface area contributed by atoms with Gasteiger partial charge in [-0.3, -0.25) is 9.59 Å². The summed E-state index contributed by atoms with van der Waals surface area (Å²) in [7, 11) is 1.20. The first-order valence-corrected chi connectivity index (χ1v) is 11.4. The van der Waals surface area contributed by atoms with E-state index >= 15 is 0 Å². The molecule has 35 heavy (non-hydrogen) atoms. The molecule has 0 heterocycles. The van der Waals surface area contributed by atoms with Crippen molar-refractivity contribution in [3.8, 4) is 11.5 Å². The quantitative estimate of drug-likeness (QED) is 0.242. The molecule has 1 aromatic carbocycles. The number of hydrogen-bond donors (Lipinski definition) is 1. The summed E-state index contributed by atoms with van der Waals surface area (Å²) in [5.74, 6) is -1.15. The van der Waals surface area contributed by atoms with Gasteiger partial charge in [0.25, 0.3) is 0 Å². The van der Waals surface area contributed by atoms with Crippen LogP contribution in [0.5, 0.6) is 11.5 Å². The lowest BCUT2D eigenvalue weighted by Crippen LogP contribution is -2.51. The van der Waals surface area contributed by atoms with E-state index in [0.29, 0.717) is 5.56 Å². The molecule has 0 saturated heterocycles. The molecular weight excluding hydrogens is 462 g/mol. The first-order chi connectivity index (χ1) is 16.6. The Bertz CT molecular complexity index is 872. The molecule has 1 unspecified atom stereocenters. The highest BCUT2D eigenvalue weighted by Gasteiger charge is 2.36. The number of nitrogens with two attached hydrogens (primary N) is 1. The third-order valence-corrected chi connectivity index (χ3v) is 5.05. The lowest BCUT2D eigenvalue weighted by molar-refractivity contribution is -0.151. The van der Waals surface area contributed by atoms with Gasteiger partial charge in [-0.05, 0) is 37.5 Å². The minimum Gasteiger partial charge on any atom is -0.468 e. The van der Waals surface area contributed by atoms with Crippen molar-refractivity contribution >= 4 is 24.2 Å². The molecule has 0 amide bonds. The van der Waals surface area contributed by atoms with Crippen LogP contribution in [-0.4, -0.2) is 56.7 Å². The Kier molecular flexibility index (Phi) is 12.6. The Morgan fingerprint density at radius 1 is 0.943 bits per heavy atom. The SMILES string of the molecule is CCOC(=O)Oc1ccc(C[C@](N)(CCOC(=O)CC(C)CC)C(=O)OC)cc1OC(=O)OCC. The predicted octanol–water partition coefficient (Wildman–Crippen LogP) is 3.54. The van der Waals surface area contributed by atoms with Crippen LogP contribution in [-0.2, 0) is 35.0 Å². The van der Waals surface area contributed by atoms with Crippen LogP contribution in [0, 0.1) is 5.92 Å². The Morgan fingerprint density at radius 3 is 2.09 bits per heavy atom. The molecule has 0 spiro atoms. The monoisotopic (exact) mass is 497 g/mol. The van der Waals surface area contributed by atoms with Gasteiger partial charge in [0.05, 0.1) is 26.9 Å². The fourth-order valence-electron chi connectivity index (χ4n) is 2.97. The second kappa shape index (κ2) is 14.8. The van der Waals surface area contributed by atoms with Crippen LogP contribution in [0.3, 0.4) is 0 Å². The van der Waals surface area contributed by atoms with Crippen molar-refractivity contribution in [2.75, 3.05) is 26.9 Å². The summed E-state index contributed by atoms with van der Waals surface area (Å²) in [6.07, 6.45) is -0.968. The van der Waals surface area contributed by atoms with Gasteiger partial charge in [-0.25, -0.2) is 9.59 Å². The first kappa shape index (κ1) is 29.7. The number of carbonyl (C=O) groups is 4. The predicted molar refractivity (Wildman–Crippen MR) is 124 cm³/mol. The molecular formula is C24H35NO10. The fraction of sp³-hybridized carbons (Fsp3) is 0.583. The van der Waals surface area contributed by atoms with Crippen molar-refractivity contribution in [3.05, 3.63) is 23.8 Å². The van der Waals surface area contributed by atoms with Gasteiger partial charge in [0.1, 0.15) is 5.54 Å². The summed E-state index contributed by atoms with van der Waals surface area (Å²) < 4.78 is 29.9. The minimum atomic E-state index is -1.55. The third-order valence-electron chi connectivity index (χ3n) is 5.05. The van der Waals surface area contributed by atoms with Gasteiger partial charge in [-0.2, -0.15) is 0 Å². The zero-order valence-corrected chi connectivity index (χ0v) is 20.9. The van der Waals surface area contributed by atoms with E-state index in [0.717, 1.165) is 6.42 Å². The Morgan fingerprint density at radius 2 is 1.54 bits per heavy atom. The van der Waals surface area contributed by atoms with E-state index < -0.39 is 23.8 Å². The third kappa shape index (κ3) is 10.2. The van der Waals surface area contributed by atoms with Crippen molar-refractivity contribution in [2.24, 2.45) is 11.7 Å². The van der Waals surface area contributed by atoms with Gasteiger partial charge >= 0.3 is 24.2 Å². The minimum absolute atomic E-state index is 0.0128. The molecule has 0 aliphatic rings. The smallest absolute Gasteiger partial charge is 0.468 e. The Balaban J connectivity index is 3.08. The number of carbonyl (C=O) groups excluding carboxylic acids is 4. The molecule has 1 rings (SSSR count). The highest BCUT2D eigenvalue weighted by atomic mass is 16.7. The van der Waals surface area contributed by atoms with Crippen molar-refractivity contribution in [2.45, 2.75) is 58.9 Å². The molecule has 0 aromatic heterocycles. The molecule has 0 aliphatic heterocycles. The standard InChI is InChI=1S/C24H35NO10/c1-6-16(4)13-20(26)33-12-11-24(25,21(27)30-5)15-17-9-10-18(34-22(28)31-7-2)19(14-17)35-23(29)32-8-3/h9-10,14,16H,6-8,11-13,15,25H2,1-5H3/t16?,24-/m1/s1. The van der Waals surface area contributed by atoms with E-state index in [1.54, 1.807) is 13.8 Å². The number of rotatable bonds is 13. The summed E-state index contributed by atoms with van der Waals surface area (Å²) in [5, 5.41) is 0. The maximum atomic E-state index is 12.5. The van der Waals surface area contributed by atoms with Crippen molar-refractivity contribution < 1.29 is 47.6 Å². The molecule has 2 N–H and O–H groups in total. The second-order valence-electron chi connectivity index (χ2n) is 7.86. The maximum absolute atomic E-state index is 12.5. The average Bonchev–Trinajstić information content (AvgIpc) is 2.80. The van der Waals surface area contributed by atoms with Crippen LogP contribution in [0.2, 0.25) is 0 Å². The topological polar surface area (TPSA) is 150 Å². The molecule has 0 fully saturated rings. The number of esters is 2. The highest BCUT2D eigenvalue weighted by molar-refractivity contribution is 5.81. The van der Waals surface area contributed by atoms with Crippen molar-refractivity contribution in [1.29, 1.82) is 0 Å². The molecule has 0 saturated carbocycles. The molecule has 1 aromatic rings. The number of hydrogen-bond acceptors (Lipinski definition) is 11. The average molecular weight is 498 g/mol. The molecule has 11 nitrogen and oxygen atoms in total. The zero-order chi connectivity index (χ0) is 26.4. The van der Waals surface area contributed by atoms with Crippen LogP contribution in [0.25, 0.3) is 0 Å². The summed E-state index contributed by atoms with van der Waals surface area (Å²) in [6, 6.07) is 4.28. The van der Waals surface area contributed by atoms with Crippen LogP contribution in [0.4, 0.5) is 9.59 Å². The van der Waals surface area contributed by atoms with E-state index in [9.17, 15) is 19.2 Å². The van der Waals surface area contributed by atoms with E-state index in [1.165, 1.54) is 25.3 Å².